The zero-order valence-corrected chi connectivity index (χ0v) is 15.3. The number of hydrogen-bond donors (Lipinski definition) is 1. The van der Waals surface area contributed by atoms with Gasteiger partial charge in [-0.2, -0.15) is 0 Å². The third-order valence-corrected chi connectivity index (χ3v) is 4.09. The van der Waals surface area contributed by atoms with E-state index in [2.05, 4.69) is 21.2 Å². The number of esters is 1. The van der Waals surface area contributed by atoms with Gasteiger partial charge in [-0.3, -0.25) is 4.79 Å². The molecule has 0 aliphatic heterocycles. The maximum Gasteiger partial charge on any atom is 0.340 e. The Labute approximate surface area is 153 Å². The second-order valence-corrected chi connectivity index (χ2v) is 6.15. The molecule has 24 heavy (non-hydrogen) atoms. The molecule has 0 bridgehead atoms. The molecule has 7 heteroatoms. The highest BCUT2D eigenvalue weighted by molar-refractivity contribution is 9.10. The predicted molar refractivity (Wildman–Crippen MR) is 95.7 cm³/mol. The number of nitrogens with one attached hydrogen (secondary N) is 1. The van der Waals surface area contributed by atoms with Crippen LogP contribution in [-0.4, -0.2) is 25.1 Å². The zero-order valence-electron chi connectivity index (χ0n) is 13.0. The average Bonchev–Trinajstić information content (AvgIpc) is 2.55. The van der Waals surface area contributed by atoms with Crippen LogP contribution in [0, 0.1) is 0 Å². The van der Waals surface area contributed by atoms with Crippen molar-refractivity contribution in [3.05, 3.63) is 57.5 Å². The Hall–Kier alpha value is -2.05. The van der Waals surface area contributed by atoms with Crippen LogP contribution >= 0.6 is 27.5 Å². The molecule has 0 aliphatic rings. The normalized spacial score (nSPS) is 11.5. The van der Waals surface area contributed by atoms with Crippen LogP contribution in [0.5, 0.6) is 5.75 Å². The summed E-state index contributed by atoms with van der Waals surface area (Å²) in [6.07, 6.45) is -0.992. The van der Waals surface area contributed by atoms with Gasteiger partial charge in [-0.1, -0.05) is 23.7 Å². The summed E-state index contributed by atoms with van der Waals surface area (Å²) in [6.45, 7) is 1.49. The lowest BCUT2D eigenvalue weighted by molar-refractivity contribution is -0.123. The van der Waals surface area contributed by atoms with Crippen molar-refractivity contribution < 1.29 is 19.1 Å². The topological polar surface area (TPSA) is 64.6 Å². The fourth-order valence-electron chi connectivity index (χ4n) is 1.92. The van der Waals surface area contributed by atoms with Crippen LogP contribution in [0.25, 0.3) is 0 Å². The molecule has 0 saturated heterocycles. The van der Waals surface area contributed by atoms with Gasteiger partial charge < -0.3 is 14.8 Å². The van der Waals surface area contributed by atoms with Gasteiger partial charge in [0, 0.05) is 9.50 Å². The number of ether oxygens (including phenoxy) is 2. The van der Waals surface area contributed by atoms with Crippen molar-refractivity contribution in [1.82, 2.24) is 0 Å². The van der Waals surface area contributed by atoms with E-state index in [1.807, 2.05) is 0 Å². The average molecular weight is 413 g/mol. The Balaban J connectivity index is 2.06. The Morgan fingerprint density at radius 2 is 1.92 bits per heavy atom. The van der Waals surface area contributed by atoms with Gasteiger partial charge in [0.1, 0.15) is 5.75 Å². The molecule has 1 amide bonds. The first-order chi connectivity index (χ1) is 11.4. The molecule has 0 spiro atoms. The van der Waals surface area contributed by atoms with Crippen LogP contribution < -0.4 is 10.1 Å². The summed E-state index contributed by atoms with van der Waals surface area (Å²) in [5.41, 5.74) is 0.747. The lowest BCUT2D eigenvalue weighted by atomic mass is 10.2. The van der Waals surface area contributed by atoms with E-state index in [4.69, 9.17) is 21.1 Å². The van der Waals surface area contributed by atoms with Gasteiger partial charge in [-0.05, 0) is 53.2 Å². The lowest BCUT2D eigenvalue weighted by Crippen LogP contribution is -2.30. The SMILES string of the molecule is COc1ccc(Cl)cc1NC(=O)[C@@H](C)OC(=O)c1ccccc1Br. The minimum absolute atomic E-state index is 0.345. The maximum atomic E-state index is 12.2. The molecule has 0 fully saturated rings. The molecule has 2 aromatic carbocycles. The lowest BCUT2D eigenvalue weighted by Gasteiger charge is -2.15. The molecular formula is C17H15BrClNO4. The highest BCUT2D eigenvalue weighted by Crippen LogP contribution is 2.28. The Bertz CT molecular complexity index is 766. The standard InChI is InChI=1S/C17H15BrClNO4/c1-10(24-17(22)12-5-3-4-6-13(12)18)16(21)20-14-9-11(19)7-8-15(14)23-2/h3-10H,1-2H3,(H,20,21)/t10-/m1/s1. The molecule has 1 atom stereocenters. The van der Waals surface area contributed by atoms with Crippen LogP contribution in [-0.2, 0) is 9.53 Å². The summed E-state index contributed by atoms with van der Waals surface area (Å²) in [7, 11) is 1.48. The summed E-state index contributed by atoms with van der Waals surface area (Å²) >= 11 is 9.19. The molecule has 0 radical (unpaired) electrons. The largest absolute Gasteiger partial charge is 0.495 e. The van der Waals surface area contributed by atoms with Crippen molar-refractivity contribution in [2.45, 2.75) is 13.0 Å². The number of halogens is 2. The van der Waals surface area contributed by atoms with Crippen molar-refractivity contribution in [3.8, 4) is 5.75 Å². The van der Waals surface area contributed by atoms with E-state index in [9.17, 15) is 9.59 Å². The first-order valence-corrected chi connectivity index (χ1v) is 8.19. The highest BCUT2D eigenvalue weighted by Gasteiger charge is 2.21. The molecule has 0 aromatic heterocycles. The monoisotopic (exact) mass is 411 g/mol. The zero-order chi connectivity index (χ0) is 17.7. The van der Waals surface area contributed by atoms with Gasteiger partial charge in [0.15, 0.2) is 6.10 Å². The van der Waals surface area contributed by atoms with Crippen LogP contribution in [0.15, 0.2) is 46.9 Å². The summed E-state index contributed by atoms with van der Waals surface area (Å²) in [6, 6.07) is 11.7. The van der Waals surface area contributed by atoms with Crippen molar-refractivity contribution in [1.29, 1.82) is 0 Å². The van der Waals surface area contributed by atoms with E-state index in [1.165, 1.54) is 14.0 Å². The number of benzene rings is 2. The number of carbonyl (C=O) groups excluding carboxylic acids is 2. The number of carbonyl (C=O) groups is 2. The van der Waals surface area contributed by atoms with Crippen LogP contribution in [0.4, 0.5) is 5.69 Å². The highest BCUT2D eigenvalue weighted by atomic mass is 79.9. The number of amides is 1. The smallest absolute Gasteiger partial charge is 0.340 e. The fraction of sp³-hybridized carbons (Fsp3) is 0.176. The van der Waals surface area contributed by atoms with Gasteiger partial charge in [0.25, 0.3) is 5.91 Å². The molecule has 1 N–H and O–H groups in total. The third-order valence-electron chi connectivity index (χ3n) is 3.17. The Morgan fingerprint density at radius 1 is 1.21 bits per heavy atom. The molecule has 0 aliphatic carbocycles. The van der Waals surface area contributed by atoms with E-state index in [0.29, 0.717) is 26.5 Å². The number of anilines is 1. The molecule has 0 heterocycles. The molecule has 0 unspecified atom stereocenters. The second-order valence-electron chi connectivity index (χ2n) is 4.86. The maximum absolute atomic E-state index is 12.2. The van der Waals surface area contributed by atoms with E-state index >= 15 is 0 Å². The van der Waals surface area contributed by atoms with Gasteiger partial charge >= 0.3 is 5.97 Å². The summed E-state index contributed by atoms with van der Waals surface area (Å²) in [5, 5.41) is 3.08. The van der Waals surface area contributed by atoms with E-state index < -0.39 is 18.0 Å². The van der Waals surface area contributed by atoms with E-state index in [0.717, 1.165) is 0 Å². The quantitative estimate of drug-likeness (QED) is 0.744. The van der Waals surface area contributed by atoms with Crippen LogP contribution in [0.3, 0.4) is 0 Å². The van der Waals surface area contributed by atoms with E-state index in [1.54, 1.807) is 42.5 Å². The van der Waals surface area contributed by atoms with Crippen LogP contribution in [0.1, 0.15) is 17.3 Å². The van der Waals surface area contributed by atoms with Gasteiger partial charge in [0.2, 0.25) is 0 Å². The Morgan fingerprint density at radius 3 is 2.58 bits per heavy atom. The summed E-state index contributed by atoms with van der Waals surface area (Å²) in [4.78, 5) is 24.4. The van der Waals surface area contributed by atoms with Crippen LogP contribution in [0.2, 0.25) is 5.02 Å². The minimum atomic E-state index is -0.992. The van der Waals surface area contributed by atoms with Gasteiger partial charge in [-0.15, -0.1) is 0 Å². The van der Waals surface area contributed by atoms with Gasteiger partial charge in [0.05, 0.1) is 18.4 Å². The van der Waals surface area contributed by atoms with Crippen molar-refractivity contribution in [3.63, 3.8) is 0 Å². The Kier molecular flexibility index (Phi) is 6.23. The fourth-order valence-corrected chi connectivity index (χ4v) is 2.54. The first kappa shape index (κ1) is 18.3. The second kappa shape index (κ2) is 8.17. The minimum Gasteiger partial charge on any atom is -0.495 e. The molecule has 0 saturated carbocycles. The number of methoxy groups -OCH3 is 1. The first-order valence-electron chi connectivity index (χ1n) is 7.02. The number of rotatable bonds is 5. The van der Waals surface area contributed by atoms with Crippen molar-refractivity contribution in [2.24, 2.45) is 0 Å². The molecule has 5 nitrogen and oxygen atoms in total. The number of hydrogen-bond acceptors (Lipinski definition) is 4. The summed E-state index contributed by atoms with van der Waals surface area (Å²) in [5.74, 6) is -0.628. The summed E-state index contributed by atoms with van der Waals surface area (Å²) < 4.78 is 11.0. The molecular weight excluding hydrogens is 398 g/mol. The molecule has 2 rings (SSSR count). The molecule has 126 valence electrons. The predicted octanol–water partition coefficient (Wildman–Crippen LogP) is 4.30. The van der Waals surface area contributed by atoms with E-state index in [-0.39, 0.29) is 0 Å². The molecule has 2 aromatic rings. The van der Waals surface area contributed by atoms with Gasteiger partial charge in [-0.25, -0.2) is 4.79 Å². The third kappa shape index (κ3) is 4.49. The van der Waals surface area contributed by atoms with Crippen molar-refractivity contribution in [2.75, 3.05) is 12.4 Å². The van der Waals surface area contributed by atoms with Crippen molar-refractivity contribution >= 4 is 45.1 Å².